The van der Waals surface area contributed by atoms with E-state index in [9.17, 15) is 4.79 Å². The number of rotatable bonds is 3. The third kappa shape index (κ3) is 2.51. The quantitative estimate of drug-likeness (QED) is 0.636. The van der Waals surface area contributed by atoms with Crippen molar-refractivity contribution in [2.75, 3.05) is 6.26 Å². The van der Waals surface area contributed by atoms with E-state index in [-0.39, 0.29) is 5.56 Å². The molecule has 0 aromatic carbocycles. The zero-order valence-corrected chi connectivity index (χ0v) is 11.9. The van der Waals surface area contributed by atoms with E-state index in [0.29, 0.717) is 10.9 Å². The summed E-state index contributed by atoms with van der Waals surface area (Å²) < 4.78 is 1.28. The number of aryl methyl sites for hydroxylation is 2. The fraction of sp³-hybridized carbons (Fsp3) is 0.273. The minimum absolute atomic E-state index is 0.236. The van der Waals surface area contributed by atoms with Crippen molar-refractivity contribution >= 4 is 29.3 Å². The Balaban J connectivity index is 2.46. The Kier molecular flexibility index (Phi) is 3.93. The average molecular weight is 280 g/mol. The maximum atomic E-state index is 11.9. The predicted molar refractivity (Wildman–Crippen MR) is 74.9 cm³/mol. The lowest BCUT2D eigenvalue weighted by Gasteiger charge is -2.03. The third-order valence-electron chi connectivity index (χ3n) is 2.34. The smallest absolute Gasteiger partial charge is 0.265 e. The van der Waals surface area contributed by atoms with Crippen LogP contribution < -0.4 is 5.56 Å². The molecule has 0 saturated carbocycles. The van der Waals surface area contributed by atoms with E-state index in [1.165, 1.54) is 16.4 Å². The van der Waals surface area contributed by atoms with E-state index in [1.54, 1.807) is 24.5 Å². The second-order valence-corrected chi connectivity index (χ2v) is 5.32. The zero-order chi connectivity index (χ0) is 13.1. The average Bonchev–Trinajstić information content (AvgIpc) is 2.77. The minimum Gasteiger partial charge on any atom is -0.265 e. The van der Waals surface area contributed by atoms with Gasteiger partial charge in [0.1, 0.15) is 5.69 Å². The number of nitrogens with zero attached hydrogens (tertiary/aromatic N) is 4. The first-order valence-corrected chi connectivity index (χ1v) is 7.32. The molecule has 2 aromatic rings. The second kappa shape index (κ2) is 5.45. The van der Waals surface area contributed by atoms with Gasteiger partial charge in [-0.15, -0.1) is 21.5 Å². The standard InChI is InChI=1S/C11H12N4OS2/c1-7-4-5-18-9(7)6-12-15-10(16)8(2)13-14-11(15)17-3/h4-6H,1-3H3/b12-6-. The van der Waals surface area contributed by atoms with Gasteiger partial charge in [0.05, 0.1) is 11.1 Å². The Morgan fingerprint density at radius 1 is 1.44 bits per heavy atom. The Morgan fingerprint density at radius 2 is 2.22 bits per heavy atom. The first-order valence-electron chi connectivity index (χ1n) is 5.22. The van der Waals surface area contributed by atoms with Gasteiger partial charge in [0.2, 0.25) is 5.16 Å². The molecule has 7 heteroatoms. The lowest BCUT2D eigenvalue weighted by atomic mass is 10.3. The van der Waals surface area contributed by atoms with E-state index < -0.39 is 0 Å². The van der Waals surface area contributed by atoms with Crippen molar-refractivity contribution in [3.8, 4) is 0 Å². The highest BCUT2D eigenvalue weighted by Gasteiger charge is 2.07. The summed E-state index contributed by atoms with van der Waals surface area (Å²) in [5.41, 5.74) is 1.24. The molecule has 2 heterocycles. The molecule has 0 aliphatic carbocycles. The van der Waals surface area contributed by atoms with Gasteiger partial charge in [-0.1, -0.05) is 11.8 Å². The summed E-state index contributed by atoms with van der Waals surface area (Å²) in [5.74, 6) is 0. The van der Waals surface area contributed by atoms with Crippen molar-refractivity contribution in [3.63, 3.8) is 0 Å². The van der Waals surface area contributed by atoms with E-state index in [4.69, 9.17) is 0 Å². The van der Waals surface area contributed by atoms with E-state index >= 15 is 0 Å². The molecule has 0 unspecified atom stereocenters. The van der Waals surface area contributed by atoms with Crippen molar-refractivity contribution in [2.45, 2.75) is 19.0 Å². The molecular formula is C11H12N4OS2. The van der Waals surface area contributed by atoms with Crippen LogP contribution in [-0.4, -0.2) is 27.3 Å². The maximum Gasteiger partial charge on any atom is 0.296 e. The van der Waals surface area contributed by atoms with Crippen LogP contribution in [0.5, 0.6) is 0 Å². The Labute approximate surface area is 113 Å². The van der Waals surface area contributed by atoms with Gasteiger partial charge in [0.25, 0.3) is 5.56 Å². The molecule has 94 valence electrons. The minimum atomic E-state index is -0.236. The Morgan fingerprint density at radius 3 is 2.83 bits per heavy atom. The van der Waals surface area contributed by atoms with Crippen molar-refractivity contribution in [1.29, 1.82) is 0 Å². The molecule has 0 spiro atoms. The number of hydrogen-bond donors (Lipinski definition) is 0. The maximum absolute atomic E-state index is 11.9. The molecule has 0 radical (unpaired) electrons. The largest absolute Gasteiger partial charge is 0.296 e. The molecule has 0 fully saturated rings. The summed E-state index contributed by atoms with van der Waals surface area (Å²) in [6.07, 6.45) is 3.52. The van der Waals surface area contributed by atoms with Gasteiger partial charge in [0, 0.05) is 0 Å². The van der Waals surface area contributed by atoms with Gasteiger partial charge in [-0.3, -0.25) is 4.79 Å². The fourth-order valence-electron chi connectivity index (χ4n) is 1.30. The predicted octanol–water partition coefficient (Wildman–Crippen LogP) is 1.92. The van der Waals surface area contributed by atoms with Gasteiger partial charge in [0.15, 0.2) is 0 Å². The van der Waals surface area contributed by atoms with Crippen molar-refractivity contribution in [1.82, 2.24) is 14.9 Å². The normalized spacial score (nSPS) is 11.3. The summed E-state index contributed by atoms with van der Waals surface area (Å²) in [7, 11) is 0. The van der Waals surface area contributed by atoms with Crippen LogP contribution in [-0.2, 0) is 0 Å². The van der Waals surface area contributed by atoms with E-state index in [0.717, 1.165) is 10.4 Å². The summed E-state index contributed by atoms with van der Waals surface area (Å²) in [4.78, 5) is 13.0. The van der Waals surface area contributed by atoms with Crippen LogP contribution in [0.3, 0.4) is 0 Å². The molecule has 5 nitrogen and oxygen atoms in total. The molecule has 2 rings (SSSR count). The van der Waals surface area contributed by atoms with Crippen LogP contribution in [0.15, 0.2) is 26.5 Å². The number of aromatic nitrogens is 3. The SMILES string of the molecule is CSc1nnc(C)c(=O)n1/N=C\c1sccc1C. The highest BCUT2D eigenvalue weighted by atomic mass is 32.2. The van der Waals surface area contributed by atoms with Crippen LogP contribution in [0, 0.1) is 13.8 Å². The first-order chi connectivity index (χ1) is 8.63. The molecule has 0 saturated heterocycles. The van der Waals surface area contributed by atoms with Gasteiger partial charge >= 0.3 is 0 Å². The van der Waals surface area contributed by atoms with Crippen LogP contribution in [0.2, 0.25) is 0 Å². The number of thioether (sulfide) groups is 1. The number of hydrogen-bond acceptors (Lipinski definition) is 6. The topological polar surface area (TPSA) is 60.1 Å². The van der Waals surface area contributed by atoms with Crippen molar-refractivity contribution < 1.29 is 0 Å². The molecule has 0 aliphatic heterocycles. The fourth-order valence-corrected chi connectivity index (χ4v) is 2.51. The van der Waals surface area contributed by atoms with Gasteiger partial charge < -0.3 is 0 Å². The summed E-state index contributed by atoms with van der Waals surface area (Å²) >= 11 is 2.92. The lowest BCUT2D eigenvalue weighted by molar-refractivity contribution is 0.635. The monoisotopic (exact) mass is 280 g/mol. The Hall–Kier alpha value is -1.47. The molecule has 0 amide bonds. The van der Waals surface area contributed by atoms with Crippen LogP contribution in [0.25, 0.3) is 0 Å². The third-order valence-corrected chi connectivity index (χ3v) is 3.92. The molecular weight excluding hydrogens is 268 g/mol. The van der Waals surface area contributed by atoms with Gasteiger partial charge in [-0.25, -0.2) is 0 Å². The first kappa shape index (κ1) is 13.0. The van der Waals surface area contributed by atoms with E-state index in [2.05, 4.69) is 15.3 Å². The zero-order valence-electron chi connectivity index (χ0n) is 10.2. The highest BCUT2D eigenvalue weighted by Crippen LogP contribution is 2.13. The van der Waals surface area contributed by atoms with Crippen LogP contribution in [0.4, 0.5) is 0 Å². The van der Waals surface area contributed by atoms with Crippen molar-refractivity contribution in [3.05, 3.63) is 37.9 Å². The van der Waals surface area contributed by atoms with Crippen LogP contribution in [0.1, 0.15) is 16.1 Å². The summed E-state index contributed by atoms with van der Waals surface area (Å²) in [6.45, 7) is 3.63. The summed E-state index contributed by atoms with van der Waals surface area (Å²) in [6, 6.07) is 2.01. The molecule has 18 heavy (non-hydrogen) atoms. The highest BCUT2D eigenvalue weighted by molar-refractivity contribution is 7.98. The van der Waals surface area contributed by atoms with Crippen molar-refractivity contribution in [2.24, 2.45) is 5.10 Å². The number of thiophene rings is 1. The Bertz CT molecular complexity index is 645. The molecule has 0 atom stereocenters. The van der Waals surface area contributed by atoms with Gasteiger partial charge in [-0.05, 0) is 37.1 Å². The van der Waals surface area contributed by atoms with E-state index in [1.807, 2.05) is 24.6 Å². The molecule has 0 N–H and O–H groups in total. The van der Waals surface area contributed by atoms with Crippen LogP contribution >= 0.6 is 23.1 Å². The second-order valence-electron chi connectivity index (χ2n) is 3.60. The molecule has 0 aliphatic rings. The summed E-state index contributed by atoms with van der Waals surface area (Å²) in [5, 5.41) is 14.4. The molecule has 2 aromatic heterocycles. The van der Waals surface area contributed by atoms with Gasteiger partial charge in [-0.2, -0.15) is 9.78 Å². The lowest BCUT2D eigenvalue weighted by Crippen LogP contribution is -2.23. The molecule has 0 bridgehead atoms.